The number of aromatic nitrogens is 5. The maximum absolute atomic E-state index is 9.31. The first-order valence-electron chi connectivity index (χ1n) is 9.92. The van der Waals surface area contributed by atoms with Gasteiger partial charge in [0.25, 0.3) is 0 Å². The van der Waals surface area contributed by atoms with Crippen molar-refractivity contribution >= 4 is 16.7 Å². The lowest BCUT2D eigenvalue weighted by Gasteiger charge is -2.42. The van der Waals surface area contributed by atoms with Crippen LogP contribution in [0.2, 0.25) is 0 Å². The van der Waals surface area contributed by atoms with E-state index in [-0.39, 0.29) is 12.3 Å². The zero-order valence-corrected chi connectivity index (χ0v) is 16.6. The fraction of sp³-hybridized carbons (Fsp3) is 0.217. The second-order valence-corrected chi connectivity index (χ2v) is 7.88. The molecule has 1 aromatic carbocycles. The van der Waals surface area contributed by atoms with Gasteiger partial charge < -0.3 is 5.73 Å². The highest BCUT2D eigenvalue weighted by Crippen LogP contribution is 2.45. The van der Waals surface area contributed by atoms with E-state index in [0.717, 1.165) is 27.6 Å². The SMILES string of the molecule is N#CCC1(n2ncc(-c3cc(-c4ccnc(N)c4)cc4ncccc34)n2)CC(C#N)C1. The van der Waals surface area contributed by atoms with Gasteiger partial charge in [0, 0.05) is 23.3 Å². The number of nitrogen functional groups attached to an aromatic ring is 1. The molecule has 150 valence electrons. The third-order valence-electron chi connectivity index (χ3n) is 5.87. The number of hydrogen-bond donors (Lipinski definition) is 1. The Labute approximate surface area is 178 Å². The monoisotopic (exact) mass is 406 g/mol. The van der Waals surface area contributed by atoms with Crippen LogP contribution in [0.1, 0.15) is 19.3 Å². The number of hydrogen-bond acceptors (Lipinski definition) is 7. The van der Waals surface area contributed by atoms with Crippen molar-refractivity contribution in [3.63, 3.8) is 0 Å². The largest absolute Gasteiger partial charge is 0.384 e. The molecule has 0 unspecified atom stereocenters. The summed E-state index contributed by atoms with van der Waals surface area (Å²) in [5.74, 6) is 0.384. The maximum atomic E-state index is 9.31. The fourth-order valence-corrected chi connectivity index (χ4v) is 4.28. The summed E-state index contributed by atoms with van der Waals surface area (Å²) >= 11 is 0. The molecule has 0 spiro atoms. The number of fused-ring (bicyclic) bond motifs is 1. The van der Waals surface area contributed by atoms with Gasteiger partial charge >= 0.3 is 0 Å². The second-order valence-electron chi connectivity index (χ2n) is 7.88. The average molecular weight is 406 g/mol. The minimum Gasteiger partial charge on any atom is -0.384 e. The quantitative estimate of drug-likeness (QED) is 0.547. The summed E-state index contributed by atoms with van der Waals surface area (Å²) in [7, 11) is 0. The first kappa shape index (κ1) is 18.7. The van der Waals surface area contributed by atoms with Crippen LogP contribution in [0.3, 0.4) is 0 Å². The third-order valence-corrected chi connectivity index (χ3v) is 5.87. The van der Waals surface area contributed by atoms with E-state index in [1.54, 1.807) is 23.4 Å². The Morgan fingerprint density at radius 1 is 1.10 bits per heavy atom. The van der Waals surface area contributed by atoms with Crippen molar-refractivity contribution < 1.29 is 0 Å². The molecule has 0 amide bonds. The molecular formula is C23H18N8. The van der Waals surface area contributed by atoms with Gasteiger partial charge in [0.1, 0.15) is 11.5 Å². The molecule has 0 aliphatic heterocycles. The fourth-order valence-electron chi connectivity index (χ4n) is 4.28. The number of pyridine rings is 2. The van der Waals surface area contributed by atoms with Crippen LogP contribution in [0.25, 0.3) is 33.3 Å². The molecule has 8 heteroatoms. The van der Waals surface area contributed by atoms with Crippen molar-refractivity contribution in [3.05, 3.63) is 55.0 Å². The van der Waals surface area contributed by atoms with E-state index in [4.69, 9.17) is 10.8 Å². The highest BCUT2D eigenvalue weighted by Gasteiger charge is 2.48. The Hall–Kier alpha value is -4.30. The molecule has 0 radical (unpaired) electrons. The molecule has 2 N–H and O–H groups in total. The van der Waals surface area contributed by atoms with E-state index in [1.165, 1.54) is 0 Å². The van der Waals surface area contributed by atoms with Crippen molar-refractivity contribution in [2.24, 2.45) is 5.92 Å². The van der Waals surface area contributed by atoms with E-state index in [0.29, 0.717) is 24.4 Å². The van der Waals surface area contributed by atoms with Crippen molar-refractivity contribution in [2.75, 3.05) is 5.73 Å². The van der Waals surface area contributed by atoms with Crippen LogP contribution < -0.4 is 5.73 Å². The summed E-state index contributed by atoms with van der Waals surface area (Å²) in [6, 6.07) is 16.2. The number of nitrogens with zero attached hydrogens (tertiary/aromatic N) is 7. The Balaban J connectivity index is 1.63. The first-order valence-corrected chi connectivity index (χ1v) is 9.92. The lowest BCUT2D eigenvalue weighted by molar-refractivity contribution is 0.0713. The van der Waals surface area contributed by atoms with Crippen molar-refractivity contribution in [1.29, 1.82) is 10.5 Å². The van der Waals surface area contributed by atoms with Crippen LogP contribution in [0, 0.1) is 28.6 Å². The molecule has 3 heterocycles. The normalized spacial score (nSPS) is 20.0. The molecule has 1 saturated carbocycles. The zero-order chi connectivity index (χ0) is 21.4. The van der Waals surface area contributed by atoms with Crippen LogP contribution in [-0.2, 0) is 5.54 Å². The molecule has 31 heavy (non-hydrogen) atoms. The number of nitrogens with two attached hydrogens (primary N) is 1. The minimum atomic E-state index is -0.515. The van der Waals surface area contributed by atoms with Gasteiger partial charge in [-0.2, -0.15) is 25.5 Å². The van der Waals surface area contributed by atoms with Crippen LogP contribution in [0.15, 0.2) is 55.0 Å². The Kier molecular flexibility index (Phi) is 4.34. The highest BCUT2D eigenvalue weighted by atomic mass is 15.5. The number of anilines is 1. The second kappa shape index (κ2) is 7.19. The van der Waals surface area contributed by atoms with E-state index in [1.807, 2.05) is 36.4 Å². The summed E-state index contributed by atoms with van der Waals surface area (Å²) in [5.41, 5.74) is 9.67. The van der Waals surface area contributed by atoms with Gasteiger partial charge in [-0.15, -0.1) is 0 Å². The summed E-state index contributed by atoms with van der Waals surface area (Å²) < 4.78 is 0. The number of rotatable bonds is 4. The van der Waals surface area contributed by atoms with Gasteiger partial charge in [0.05, 0.1) is 41.7 Å². The van der Waals surface area contributed by atoms with Gasteiger partial charge in [0.2, 0.25) is 0 Å². The van der Waals surface area contributed by atoms with Gasteiger partial charge in [-0.25, -0.2) is 4.98 Å². The Morgan fingerprint density at radius 2 is 1.97 bits per heavy atom. The minimum absolute atomic E-state index is 0.0618. The van der Waals surface area contributed by atoms with E-state index in [9.17, 15) is 10.5 Å². The van der Waals surface area contributed by atoms with E-state index >= 15 is 0 Å². The molecule has 1 aliphatic rings. The van der Waals surface area contributed by atoms with Crippen molar-refractivity contribution in [3.8, 4) is 34.5 Å². The molecule has 0 bridgehead atoms. The maximum Gasteiger partial charge on any atom is 0.123 e. The Morgan fingerprint density at radius 3 is 2.74 bits per heavy atom. The standard InChI is InChI=1S/C23H18N8/c24-5-4-23(11-15(12-23)13-25)31-29-14-21(30-31)19-8-17(16-3-7-28-22(26)10-16)9-20-18(19)2-1-6-27-20/h1-3,6-10,14-15H,4,11-12H2,(H2,26,28). The molecule has 0 atom stereocenters. The van der Waals surface area contributed by atoms with Crippen LogP contribution in [-0.4, -0.2) is 25.0 Å². The molecule has 4 aromatic rings. The topological polar surface area (TPSA) is 130 Å². The van der Waals surface area contributed by atoms with Gasteiger partial charge in [-0.1, -0.05) is 6.07 Å². The summed E-state index contributed by atoms with van der Waals surface area (Å²) in [5, 5.41) is 28.7. The van der Waals surface area contributed by atoms with Gasteiger partial charge in [-0.05, 0) is 54.3 Å². The lowest BCUT2D eigenvalue weighted by Crippen LogP contribution is -2.47. The average Bonchev–Trinajstić information content (AvgIpc) is 3.25. The smallest absolute Gasteiger partial charge is 0.123 e. The number of nitriles is 2. The van der Waals surface area contributed by atoms with Gasteiger partial charge in [0.15, 0.2) is 0 Å². The van der Waals surface area contributed by atoms with Crippen LogP contribution in [0.5, 0.6) is 0 Å². The molecule has 3 aromatic heterocycles. The molecule has 1 fully saturated rings. The third kappa shape index (κ3) is 3.15. The first-order chi connectivity index (χ1) is 15.1. The van der Waals surface area contributed by atoms with Gasteiger partial charge in [-0.3, -0.25) is 4.98 Å². The summed E-state index contributed by atoms with van der Waals surface area (Å²) in [6.45, 7) is 0. The van der Waals surface area contributed by atoms with Crippen molar-refractivity contribution in [2.45, 2.75) is 24.8 Å². The molecule has 8 nitrogen and oxygen atoms in total. The zero-order valence-electron chi connectivity index (χ0n) is 16.6. The number of benzene rings is 1. The van der Waals surface area contributed by atoms with E-state index < -0.39 is 5.54 Å². The summed E-state index contributed by atoms with van der Waals surface area (Å²) in [4.78, 5) is 10.2. The molecule has 1 aliphatic carbocycles. The highest BCUT2D eigenvalue weighted by molar-refractivity contribution is 5.97. The predicted octanol–water partition coefficient (Wildman–Crippen LogP) is 3.68. The lowest BCUT2D eigenvalue weighted by atomic mass is 9.68. The summed E-state index contributed by atoms with van der Waals surface area (Å²) in [6.07, 6.45) is 6.60. The molecule has 5 rings (SSSR count). The van der Waals surface area contributed by atoms with E-state index in [2.05, 4.69) is 27.2 Å². The Bertz CT molecular complexity index is 1370. The van der Waals surface area contributed by atoms with Crippen LogP contribution >= 0.6 is 0 Å². The predicted molar refractivity (Wildman–Crippen MR) is 115 cm³/mol. The molecule has 0 saturated heterocycles. The van der Waals surface area contributed by atoms with Crippen molar-refractivity contribution in [1.82, 2.24) is 25.0 Å². The molecular weight excluding hydrogens is 388 g/mol. The van der Waals surface area contributed by atoms with Crippen LogP contribution in [0.4, 0.5) is 5.82 Å².